The van der Waals surface area contributed by atoms with Crippen molar-refractivity contribution in [3.8, 4) is 5.75 Å². The summed E-state index contributed by atoms with van der Waals surface area (Å²) < 4.78 is 27.4. The van der Waals surface area contributed by atoms with E-state index < -0.39 is 0 Å². The molecule has 0 aromatic heterocycles. The maximum atomic E-state index is 5.62. The van der Waals surface area contributed by atoms with Crippen molar-refractivity contribution in [2.24, 2.45) is 0 Å². The Kier molecular flexibility index (Phi) is 15.8. The third-order valence-corrected chi connectivity index (χ3v) is 3.88. The molecule has 0 aliphatic heterocycles. The lowest BCUT2D eigenvalue weighted by atomic mass is 10.2. The van der Waals surface area contributed by atoms with Gasteiger partial charge in [-0.2, -0.15) is 0 Å². The summed E-state index contributed by atoms with van der Waals surface area (Å²) in [6.45, 7) is 7.63. The lowest BCUT2D eigenvalue weighted by Gasteiger charge is -2.08. The molecule has 0 bridgehead atoms. The van der Waals surface area contributed by atoms with E-state index in [2.05, 4.69) is 6.92 Å². The number of unbranched alkanes of at least 4 members (excludes halogenated alkanes) is 4. The van der Waals surface area contributed by atoms with Gasteiger partial charge < -0.3 is 29.4 Å². The van der Waals surface area contributed by atoms with Gasteiger partial charge in [-0.3, -0.25) is 0 Å². The summed E-state index contributed by atoms with van der Waals surface area (Å²) in [4.78, 5) is 0. The second-order valence-electron chi connectivity index (χ2n) is 6.28. The molecule has 6 heteroatoms. The molecule has 0 aliphatic rings. The first kappa shape index (κ1) is 23.7. The van der Waals surface area contributed by atoms with E-state index in [9.17, 15) is 0 Å². The minimum atomic E-state index is 0.506. The predicted molar refractivity (Wildman–Crippen MR) is 108 cm³/mol. The molecule has 0 atom stereocenters. The Hall–Kier alpha value is -1.34. The first-order valence-corrected chi connectivity index (χ1v) is 10.1. The van der Waals surface area contributed by atoms with E-state index in [1.54, 1.807) is 0 Å². The van der Waals surface area contributed by atoms with Gasteiger partial charge >= 0.3 is 0 Å². The average Bonchev–Trinajstić information content (AvgIpc) is 2.68. The van der Waals surface area contributed by atoms with Crippen LogP contribution >= 0.6 is 0 Å². The SMILES string of the molecule is CCCCCCCOCCOCCOCCOCCOc1ccc(N)cc1. The zero-order chi connectivity index (χ0) is 19.4. The smallest absolute Gasteiger partial charge is 0.119 e. The van der Waals surface area contributed by atoms with Crippen molar-refractivity contribution in [3.63, 3.8) is 0 Å². The van der Waals surface area contributed by atoms with Gasteiger partial charge in [-0.15, -0.1) is 0 Å². The number of anilines is 1. The van der Waals surface area contributed by atoms with Crippen LogP contribution in [0.3, 0.4) is 0 Å². The molecule has 0 fully saturated rings. The largest absolute Gasteiger partial charge is 0.491 e. The minimum Gasteiger partial charge on any atom is -0.491 e. The molecule has 0 saturated heterocycles. The van der Waals surface area contributed by atoms with E-state index in [1.165, 1.54) is 25.7 Å². The van der Waals surface area contributed by atoms with Crippen LogP contribution in [0.1, 0.15) is 39.0 Å². The maximum absolute atomic E-state index is 5.62. The molecule has 0 aliphatic carbocycles. The van der Waals surface area contributed by atoms with Crippen LogP contribution in [0.15, 0.2) is 24.3 Å². The van der Waals surface area contributed by atoms with Crippen LogP contribution in [0.5, 0.6) is 5.75 Å². The molecule has 1 aromatic carbocycles. The van der Waals surface area contributed by atoms with Crippen LogP contribution in [0, 0.1) is 0 Å². The highest BCUT2D eigenvalue weighted by molar-refractivity contribution is 5.41. The zero-order valence-corrected chi connectivity index (χ0v) is 16.8. The van der Waals surface area contributed by atoms with Gasteiger partial charge in [0.2, 0.25) is 0 Å². The van der Waals surface area contributed by atoms with Crippen molar-refractivity contribution in [3.05, 3.63) is 24.3 Å². The van der Waals surface area contributed by atoms with Crippen LogP contribution in [0.25, 0.3) is 0 Å². The Balaban J connectivity index is 1.71. The fourth-order valence-corrected chi connectivity index (χ4v) is 2.35. The van der Waals surface area contributed by atoms with Crippen molar-refractivity contribution in [1.82, 2.24) is 0 Å². The number of benzene rings is 1. The van der Waals surface area contributed by atoms with E-state index in [1.807, 2.05) is 24.3 Å². The fraction of sp³-hybridized carbons (Fsp3) is 0.714. The van der Waals surface area contributed by atoms with Crippen LogP contribution < -0.4 is 10.5 Å². The molecular weight excluding hydrogens is 346 g/mol. The molecule has 1 rings (SSSR count). The second kappa shape index (κ2) is 18.0. The molecule has 0 heterocycles. The zero-order valence-electron chi connectivity index (χ0n) is 16.8. The van der Waals surface area contributed by atoms with Crippen LogP contribution in [0.2, 0.25) is 0 Å². The van der Waals surface area contributed by atoms with E-state index in [0.717, 1.165) is 24.5 Å². The normalized spacial score (nSPS) is 11.0. The van der Waals surface area contributed by atoms with Gasteiger partial charge in [-0.25, -0.2) is 0 Å². The second-order valence-corrected chi connectivity index (χ2v) is 6.28. The molecule has 0 spiro atoms. The predicted octanol–water partition coefficient (Wildman–Crippen LogP) is 3.68. The third kappa shape index (κ3) is 15.4. The molecule has 0 amide bonds. The molecule has 156 valence electrons. The standard InChI is InChI=1S/C21H37NO5/c1-2-3-4-5-6-11-23-12-13-24-14-15-25-16-17-26-18-19-27-21-9-7-20(22)8-10-21/h7-10H,2-6,11-19,22H2,1H3. The molecule has 0 saturated carbocycles. The van der Waals surface area contributed by atoms with Crippen LogP contribution in [-0.4, -0.2) is 59.5 Å². The average molecular weight is 384 g/mol. The van der Waals surface area contributed by atoms with Gasteiger partial charge in [-0.1, -0.05) is 32.6 Å². The number of hydrogen-bond donors (Lipinski definition) is 1. The van der Waals surface area contributed by atoms with Crippen molar-refractivity contribution in [2.45, 2.75) is 39.0 Å². The summed E-state index contributed by atoms with van der Waals surface area (Å²) >= 11 is 0. The lowest BCUT2D eigenvalue weighted by Crippen LogP contribution is -2.13. The Morgan fingerprint density at radius 2 is 1.07 bits per heavy atom. The number of rotatable bonds is 19. The van der Waals surface area contributed by atoms with Gasteiger partial charge in [0, 0.05) is 12.3 Å². The van der Waals surface area contributed by atoms with Crippen molar-refractivity contribution >= 4 is 5.69 Å². The number of hydrogen-bond acceptors (Lipinski definition) is 6. The molecule has 1 aromatic rings. The molecular formula is C21H37NO5. The first-order valence-electron chi connectivity index (χ1n) is 10.1. The van der Waals surface area contributed by atoms with Gasteiger partial charge in [-0.05, 0) is 30.7 Å². The maximum Gasteiger partial charge on any atom is 0.119 e. The summed E-state index contributed by atoms with van der Waals surface area (Å²) in [7, 11) is 0. The number of nitrogens with two attached hydrogens (primary N) is 1. The van der Waals surface area contributed by atoms with Crippen LogP contribution in [-0.2, 0) is 18.9 Å². The van der Waals surface area contributed by atoms with E-state index in [-0.39, 0.29) is 0 Å². The molecule has 0 unspecified atom stereocenters. The molecule has 0 radical (unpaired) electrons. The molecule has 2 N–H and O–H groups in total. The Labute approximate surface area is 164 Å². The lowest BCUT2D eigenvalue weighted by molar-refractivity contribution is -0.00487. The van der Waals surface area contributed by atoms with E-state index in [4.69, 9.17) is 29.4 Å². The quantitative estimate of drug-likeness (QED) is 0.290. The molecule has 27 heavy (non-hydrogen) atoms. The number of nitrogen functional groups attached to an aromatic ring is 1. The Bertz CT molecular complexity index is 427. The highest BCUT2D eigenvalue weighted by Gasteiger charge is 1.95. The van der Waals surface area contributed by atoms with Gasteiger partial charge in [0.15, 0.2) is 0 Å². The van der Waals surface area contributed by atoms with Crippen molar-refractivity contribution in [2.75, 3.05) is 65.2 Å². The van der Waals surface area contributed by atoms with Gasteiger partial charge in [0.1, 0.15) is 12.4 Å². The van der Waals surface area contributed by atoms with Crippen molar-refractivity contribution < 1.29 is 23.7 Å². The monoisotopic (exact) mass is 383 g/mol. The van der Waals surface area contributed by atoms with Gasteiger partial charge in [0.25, 0.3) is 0 Å². The van der Waals surface area contributed by atoms with Crippen LogP contribution in [0.4, 0.5) is 5.69 Å². The third-order valence-electron chi connectivity index (χ3n) is 3.88. The highest BCUT2D eigenvalue weighted by Crippen LogP contribution is 2.12. The topological polar surface area (TPSA) is 72.2 Å². The molecule has 6 nitrogen and oxygen atoms in total. The Morgan fingerprint density at radius 3 is 1.63 bits per heavy atom. The summed E-state index contributed by atoms with van der Waals surface area (Å²) in [6.07, 6.45) is 6.33. The Morgan fingerprint density at radius 1 is 0.593 bits per heavy atom. The van der Waals surface area contributed by atoms with E-state index in [0.29, 0.717) is 52.9 Å². The number of ether oxygens (including phenoxy) is 5. The van der Waals surface area contributed by atoms with Crippen molar-refractivity contribution in [1.29, 1.82) is 0 Å². The summed E-state index contributed by atoms with van der Waals surface area (Å²) in [5.74, 6) is 0.793. The summed E-state index contributed by atoms with van der Waals surface area (Å²) in [5.41, 5.74) is 6.34. The first-order chi connectivity index (χ1) is 13.3. The van der Waals surface area contributed by atoms with Gasteiger partial charge in [0.05, 0.1) is 46.2 Å². The fourth-order valence-electron chi connectivity index (χ4n) is 2.35. The summed E-state index contributed by atoms with van der Waals surface area (Å²) in [5, 5.41) is 0. The van der Waals surface area contributed by atoms with E-state index >= 15 is 0 Å². The highest BCUT2D eigenvalue weighted by atomic mass is 16.6. The minimum absolute atomic E-state index is 0.506. The summed E-state index contributed by atoms with van der Waals surface area (Å²) in [6, 6.07) is 7.31.